The van der Waals surface area contributed by atoms with Gasteiger partial charge in [0.05, 0.1) is 36.6 Å². The van der Waals surface area contributed by atoms with Crippen LogP contribution in [0, 0.1) is 28.5 Å². The Hall–Kier alpha value is -3.50. The minimum Gasteiger partial charge on any atom is -0.382 e. The number of hydrogen-bond donors (Lipinski definition) is 2. The highest BCUT2D eigenvalue weighted by molar-refractivity contribution is 7.47. The van der Waals surface area contributed by atoms with Gasteiger partial charge in [-0.3, -0.25) is 9.05 Å². The van der Waals surface area contributed by atoms with E-state index < -0.39 is 56.1 Å². The van der Waals surface area contributed by atoms with E-state index in [0.29, 0.717) is 23.2 Å². The van der Waals surface area contributed by atoms with Crippen LogP contribution in [0.25, 0.3) is 5.52 Å². The number of unbranched alkanes of at least 4 members (excludes halogenated alkanes) is 13. The van der Waals surface area contributed by atoms with Crippen molar-refractivity contribution in [3.63, 3.8) is 0 Å². The molecule has 14 nitrogen and oxygen atoms in total. The molecule has 6 atom stereocenters. The molecule has 3 aromatic rings. The normalized spacial score (nSPS) is 22.9. The van der Waals surface area contributed by atoms with Gasteiger partial charge in [0.25, 0.3) is 0 Å². The minimum absolute atomic E-state index is 0.0381. The number of rotatable bonds is 25. The molecule has 16 heteroatoms. The topological polar surface area (TPSA) is 196 Å². The lowest BCUT2D eigenvalue weighted by Crippen LogP contribution is -2.45. The van der Waals surface area contributed by atoms with Crippen molar-refractivity contribution >= 4 is 19.2 Å². The Morgan fingerprint density at radius 1 is 0.965 bits per heavy atom. The SMILES string of the molecule is CCCCCCCCCCCCCCCC[C@@H](COP(=O)(O)OC[C@@]1(C#N)OC(c2ccc3c(N)ncnn23)[C@@H]2OC(C)(C)O[C@@H]21)OCc1cc(F)cc(C#N)c1. The average Bonchev–Trinajstić information content (AvgIpc) is 3.85. The molecule has 57 heavy (non-hydrogen) atoms. The van der Waals surface area contributed by atoms with E-state index >= 15 is 0 Å². The molecule has 0 saturated carbocycles. The number of fused-ring (bicyclic) bond motifs is 2. The quantitative estimate of drug-likeness (QED) is 0.0609. The predicted molar refractivity (Wildman–Crippen MR) is 210 cm³/mol. The molecule has 312 valence electrons. The summed E-state index contributed by atoms with van der Waals surface area (Å²) in [5.41, 5.74) is 5.82. The maximum Gasteiger partial charge on any atom is 0.472 e. The average molecular weight is 813 g/mol. The van der Waals surface area contributed by atoms with Gasteiger partial charge in [-0.2, -0.15) is 15.6 Å². The first-order chi connectivity index (χ1) is 27.4. The monoisotopic (exact) mass is 812 g/mol. The van der Waals surface area contributed by atoms with Crippen LogP contribution in [0.5, 0.6) is 0 Å². The number of phosphoric acid groups is 1. The number of halogens is 1. The summed E-state index contributed by atoms with van der Waals surface area (Å²) >= 11 is 0. The van der Waals surface area contributed by atoms with Crippen LogP contribution in [-0.4, -0.2) is 62.4 Å². The third kappa shape index (κ3) is 12.5. The van der Waals surface area contributed by atoms with E-state index in [4.69, 9.17) is 33.7 Å². The number of aromatic nitrogens is 3. The summed E-state index contributed by atoms with van der Waals surface area (Å²) in [5.74, 6) is -1.42. The molecule has 2 unspecified atom stereocenters. The van der Waals surface area contributed by atoms with E-state index in [1.54, 1.807) is 26.0 Å². The molecule has 2 aliphatic rings. The van der Waals surface area contributed by atoms with Gasteiger partial charge >= 0.3 is 7.82 Å². The number of phosphoric ester groups is 1. The zero-order valence-corrected chi connectivity index (χ0v) is 34.3. The highest BCUT2D eigenvalue weighted by Crippen LogP contribution is 2.52. The fourth-order valence-corrected chi connectivity index (χ4v) is 8.36. The van der Waals surface area contributed by atoms with Crippen molar-refractivity contribution in [1.82, 2.24) is 14.6 Å². The Balaban J connectivity index is 1.15. The number of hydrogen-bond acceptors (Lipinski definition) is 12. The Kier molecular flexibility index (Phi) is 16.4. The largest absolute Gasteiger partial charge is 0.472 e. The van der Waals surface area contributed by atoms with Crippen molar-refractivity contribution in [3.05, 3.63) is 59.3 Å². The molecule has 2 saturated heterocycles. The molecular formula is C41H58FN6O8P. The Morgan fingerprint density at radius 2 is 1.63 bits per heavy atom. The van der Waals surface area contributed by atoms with E-state index in [0.717, 1.165) is 31.7 Å². The summed E-state index contributed by atoms with van der Waals surface area (Å²) in [6.07, 6.45) is 15.4. The van der Waals surface area contributed by atoms with Crippen LogP contribution in [0.4, 0.5) is 10.2 Å². The molecule has 0 aliphatic carbocycles. The molecule has 2 fully saturated rings. The lowest BCUT2D eigenvalue weighted by Gasteiger charge is -2.29. The Bertz CT molecular complexity index is 1880. The summed E-state index contributed by atoms with van der Waals surface area (Å²) in [6, 6.07) is 11.5. The first-order valence-electron chi connectivity index (χ1n) is 20.3. The van der Waals surface area contributed by atoms with Crippen molar-refractivity contribution in [2.24, 2.45) is 0 Å². The molecule has 4 heterocycles. The highest BCUT2D eigenvalue weighted by Gasteiger charge is 2.65. The van der Waals surface area contributed by atoms with Crippen LogP contribution >= 0.6 is 7.82 Å². The van der Waals surface area contributed by atoms with Gasteiger partial charge in [0, 0.05) is 0 Å². The van der Waals surface area contributed by atoms with Crippen LogP contribution in [0.3, 0.4) is 0 Å². The Morgan fingerprint density at radius 3 is 2.28 bits per heavy atom. The molecule has 2 aromatic heterocycles. The fourth-order valence-electron chi connectivity index (χ4n) is 7.57. The van der Waals surface area contributed by atoms with Crippen molar-refractivity contribution < 1.29 is 41.8 Å². The van der Waals surface area contributed by atoms with Crippen LogP contribution in [0.15, 0.2) is 36.7 Å². The first kappa shape index (κ1) is 44.6. The summed E-state index contributed by atoms with van der Waals surface area (Å²) in [7, 11) is -4.79. The summed E-state index contributed by atoms with van der Waals surface area (Å²) in [6.45, 7) is 4.61. The van der Waals surface area contributed by atoms with Crippen LogP contribution in [0.1, 0.15) is 140 Å². The summed E-state index contributed by atoms with van der Waals surface area (Å²) < 4.78 is 64.6. The molecule has 3 N–H and O–H groups in total. The number of nitrogen functional groups attached to an aromatic ring is 1. The molecular weight excluding hydrogens is 754 g/mol. The van der Waals surface area contributed by atoms with E-state index in [1.165, 1.54) is 87.2 Å². The molecule has 0 bridgehead atoms. The number of nitriles is 2. The number of anilines is 1. The van der Waals surface area contributed by atoms with Crippen LogP contribution < -0.4 is 5.73 Å². The predicted octanol–water partition coefficient (Wildman–Crippen LogP) is 8.77. The van der Waals surface area contributed by atoms with E-state index in [1.807, 2.05) is 6.07 Å². The third-order valence-electron chi connectivity index (χ3n) is 10.5. The van der Waals surface area contributed by atoms with Crippen LogP contribution in [0.2, 0.25) is 0 Å². The first-order valence-corrected chi connectivity index (χ1v) is 21.8. The van der Waals surface area contributed by atoms with Gasteiger partial charge in [-0.05, 0) is 56.2 Å². The number of benzene rings is 1. The van der Waals surface area contributed by atoms with E-state index in [2.05, 4.69) is 23.1 Å². The van der Waals surface area contributed by atoms with Gasteiger partial charge in [0.2, 0.25) is 5.60 Å². The lowest BCUT2D eigenvalue weighted by atomic mass is 9.96. The lowest BCUT2D eigenvalue weighted by molar-refractivity contribution is -0.204. The molecule has 0 radical (unpaired) electrons. The highest BCUT2D eigenvalue weighted by atomic mass is 31.2. The fraction of sp³-hybridized carbons (Fsp3) is 0.659. The number of ether oxygens (including phenoxy) is 4. The maximum atomic E-state index is 14.1. The second-order valence-corrected chi connectivity index (χ2v) is 17.0. The standard InChI is InChI=1S/C41H58FN6O8P/c1-4-5-6-7-8-9-10-11-12-13-14-15-16-17-18-33(51-25-31-21-30(24-43)22-32(42)23-31)26-52-57(49,50)53-28-41(27-44)38-37(54-40(2,3)56-38)36(55-41)34-19-20-35-39(45)46-29-47-48(34)35/h19-23,29,33,36-38H,4-18,25-26,28H2,1-3H3,(H,49,50)(H2,45,46,47)/t33-,36?,37-,38-,41+/m0/s1. The van der Waals surface area contributed by atoms with Crippen molar-refractivity contribution in [3.8, 4) is 12.1 Å². The van der Waals surface area contributed by atoms with Gasteiger partial charge in [0.1, 0.15) is 48.6 Å². The van der Waals surface area contributed by atoms with Gasteiger partial charge in [0.15, 0.2) is 11.6 Å². The molecule has 0 amide bonds. The van der Waals surface area contributed by atoms with Crippen LogP contribution in [-0.2, 0) is 39.2 Å². The van der Waals surface area contributed by atoms with Gasteiger partial charge in [-0.1, -0.05) is 96.8 Å². The van der Waals surface area contributed by atoms with Crippen molar-refractivity contribution in [2.45, 2.75) is 159 Å². The summed E-state index contributed by atoms with van der Waals surface area (Å²) in [5, 5.41) is 24.1. The van der Waals surface area contributed by atoms with E-state index in [-0.39, 0.29) is 24.6 Å². The molecule has 2 aliphatic heterocycles. The maximum absolute atomic E-state index is 14.1. The second kappa shape index (κ2) is 21.0. The van der Waals surface area contributed by atoms with Gasteiger partial charge in [-0.25, -0.2) is 18.5 Å². The second-order valence-electron chi connectivity index (χ2n) is 15.6. The number of nitrogens with two attached hydrogens (primary N) is 1. The Labute approximate surface area is 335 Å². The third-order valence-corrected chi connectivity index (χ3v) is 11.5. The number of nitrogens with zero attached hydrogens (tertiary/aromatic N) is 5. The minimum atomic E-state index is -4.79. The van der Waals surface area contributed by atoms with Gasteiger partial charge < -0.3 is 29.6 Å². The van der Waals surface area contributed by atoms with Crippen molar-refractivity contribution in [2.75, 3.05) is 18.9 Å². The molecule has 1 aromatic carbocycles. The van der Waals surface area contributed by atoms with Crippen molar-refractivity contribution in [1.29, 1.82) is 10.5 Å². The smallest absolute Gasteiger partial charge is 0.382 e. The zero-order chi connectivity index (χ0) is 40.9. The molecule has 0 spiro atoms. The van der Waals surface area contributed by atoms with E-state index in [9.17, 15) is 24.4 Å². The zero-order valence-electron chi connectivity index (χ0n) is 33.4. The summed E-state index contributed by atoms with van der Waals surface area (Å²) in [4.78, 5) is 14.9. The van der Waals surface area contributed by atoms with Gasteiger partial charge in [-0.15, -0.1) is 0 Å². The molecule has 5 rings (SSSR count).